The molecule has 9 heteroatoms. The number of guanidine groups is 1. The number of ether oxygens (including phenoxy) is 2. The third-order valence-electron chi connectivity index (χ3n) is 4.02. The van der Waals surface area contributed by atoms with Gasteiger partial charge in [0.05, 0.1) is 26.8 Å². The molecule has 0 aliphatic rings. The Morgan fingerprint density at radius 2 is 1.86 bits per heavy atom. The van der Waals surface area contributed by atoms with E-state index in [-0.39, 0.29) is 42.5 Å². The van der Waals surface area contributed by atoms with Crippen LogP contribution in [0.4, 0.5) is 0 Å². The lowest BCUT2D eigenvalue weighted by Crippen LogP contribution is -2.34. The van der Waals surface area contributed by atoms with Crippen molar-refractivity contribution in [1.29, 1.82) is 0 Å². The van der Waals surface area contributed by atoms with Gasteiger partial charge in [0.15, 0.2) is 5.96 Å². The molecule has 0 spiro atoms. The summed E-state index contributed by atoms with van der Waals surface area (Å²) in [7, 11) is 3.09. The van der Waals surface area contributed by atoms with Gasteiger partial charge in [0.25, 0.3) is 0 Å². The Balaban J connectivity index is 0.00000392. The summed E-state index contributed by atoms with van der Waals surface area (Å²) in [4.78, 5) is 4.21. The third-order valence-corrected chi connectivity index (χ3v) is 4.59. The standard InChI is InChI=1S/C19H23Cl2N3O3.HI/c1-11(14-6-4-12(20)8-16(14)21)24-19(22)23-10-17(25)15-9-13(26-2)5-7-18(15)27-3;/h4-9,11,17,25H,10H2,1-3H3,(H3,22,23,24);1H. The first-order valence-electron chi connectivity index (χ1n) is 8.27. The topological polar surface area (TPSA) is 89.1 Å². The highest BCUT2D eigenvalue weighted by atomic mass is 127. The normalized spacial score (nSPS) is 13.3. The molecule has 2 aromatic rings. The third kappa shape index (κ3) is 6.58. The number of methoxy groups -OCH3 is 2. The van der Waals surface area contributed by atoms with E-state index in [1.165, 1.54) is 7.11 Å². The summed E-state index contributed by atoms with van der Waals surface area (Å²) >= 11 is 12.1. The molecule has 6 nitrogen and oxygen atoms in total. The molecule has 0 radical (unpaired) electrons. The molecule has 0 fully saturated rings. The molecule has 4 N–H and O–H groups in total. The quantitative estimate of drug-likeness (QED) is 0.277. The molecule has 0 heterocycles. The summed E-state index contributed by atoms with van der Waals surface area (Å²) in [6.45, 7) is 1.96. The van der Waals surface area contributed by atoms with Crippen LogP contribution < -0.4 is 20.5 Å². The summed E-state index contributed by atoms with van der Waals surface area (Å²) in [5, 5.41) is 14.6. The number of aliphatic imine (C=N–C) groups is 1. The van der Waals surface area contributed by atoms with Crippen molar-refractivity contribution in [3.8, 4) is 11.5 Å². The van der Waals surface area contributed by atoms with Crippen molar-refractivity contribution in [2.24, 2.45) is 10.7 Å². The smallest absolute Gasteiger partial charge is 0.189 e. The van der Waals surface area contributed by atoms with E-state index >= 15 is 0 Å². The molecule has 0 saturated carbocycles. The molecule has 0 saturated heterocycles. The zero-order chi connectivity index (χ0) is 20.0. The average molecular weight is 540 g/mol. The Bertz CT molecular complexity index is 821. The Kier molecular flexibility index (Phi) is 10.2. The second kappa shape index (κ2) is 11.5. The van der Waals surface area contributed by atoms with Gasteiger partial charge >= 0.3 is 0 Å². The molecular formula is C19H24Cl2IN3O3. The minimum atomic E-state index is -0.898. The molecule has 2 aromatic carbocycles. The predicted octanol–water partition coefficient (Wildman–Crippen LogP) is 4.33. The van der Waals surface area contributed by atoms with Gasteiger partial charge in [-0.2, -0.15) is 0 Å². The number of hydrogen-bond donors (Lipinski definition) is 3. The average Bonchev–Trinajstić information content (AvgIpc) is 2.65. The highest BCUT2D eigenvalue weighted by Crippen LogP contribution is 2.29. The highest BCUT2D eigenvalue weighted by molar-refractivity contribution is 14.0. The Morgan fingerprint density at radius 3 is 2.46 bits per heavy atom. The van der Waals surface area contributed by atoms with E-state index in [1.54, 1.807) is 37.4 Å². The number of rotatable bonds is 7. The van der Waals surface area contributed by atoms with Gasteiger partial charge in [-0.05, 0) is 42.8 Å². The fraction of sp³-hybridized carbons (Fsp3) is 0.316. The SMILES string of the molecule is COc1ccc(OC)c(C(O)CN=C(N)NC(C)c2ccc(Cl)cc2Cl)c1.I. The van der Waals surface area contributed by atoms with Crippen LogP contribution in [0.3, 0.4) is 0 Å². The largest absolute Gasteiger partial charge is 0.497 e. The van der Waals surface area contributed by atoms with Gasteiger partial charge in [-0.1, -0.05) is 29.3 Å². The second-order valence-electron chi connectivity index (χ2n) is 5.88. The van der Waals surface area contributed by atoms with E-state index in [0.717, 1.165) is 5.56 Å². The van der Waals surface area contributed by atoms with Gasteiger partial charge in [0.1, 0.15) is 17.6 Å². The first-order valence-corrected chi connectivity index (χ1v) is 9.02. The van der Waals surface area contributed by atoms with Crippen LogP contribution in [0.2, 0.25) is 10.0 Å². The molecule has 154 valence electrons. The minimum absolute atomic E-state index is 0. The van der Waals surface area contributed by atoms with Crippen LogP contribution in [-0.2, 0) is 0 Å². The van der Waals surface area contributed by atoms with Crippen molar-refractivity contribution in [1.82, 2.24) is 5.32 Å². The van der Waals surface area contributed by atoms with Crippen LogP contribution in [0.15, 0.2) is 41.4 Å². The molecule has 0 bridgehead atoms. The number of hydrogen-bond acceptors (Lipinski definition) is 4. The molecule has 28 heavy (non-hydrogen) atoms. The Labute approximate surface area is 192 Å². The molecule has 2 rings (SSSR count). The van der Waals surface area contributed by atoms with Crippen molar-refractivity contribution in [3.63, 3.8) is 0 Å². The van der Waals surface area contributed by atoms with E-state index in [9.17, 15) is 5.11 Å². The lowest BCUT2D eigenvalue weighted by molar-refractivity contribution is 0.182. The summed E-state index contributed by atoms with van der Waals surface area (Å²) in [6.07, 6.45) is -0.898. The van der Waals surface area contributed by atoms with Crippen LogP contribution >= 0.6 is 47.2 Å². The summed E-state index contributed by atoms with van der Waals surface area (Å²) in [6, 6.07) is 10.3. The van der Waals surface area contributed by atoms with E-state index in [1.807, 2.05) is 13.0 Å². The lowest BCUT2D eigenvalue weighted by atomic mass is 10.1. The zero-order valence-electron chi connectivity index (χ0n) is 15.8. The van der Waals surface area contributed by atoms with Gasteiger partial charge in [-0.15, -0.1) is 24.0 Å². The number of benzene rings is 2. The van der Waals surface area contributed by atoms with Crippen LogP contribution in [0.5, 0.6) is 11.5 Å². The molecule has 0 aromatic heterocycles. The molecule has 2 atom stereocenters. The first-order chi connectivity index (χ1) is 12.8. The van der Waals surface area contributed by atoms with E-state index in [4.69, 9.17) is 38.4 Å². The van der Waals surface area contributed by atoms with Gasteiger partial charge < -0.3 is 25.6 Å². The van der Waals surface area contributed by atoms with Crippen molar-refractivity contribution in [2.75, 3.05) is 20.8 Å². The number of aliphatic hydroxyl groups is 1. The Morgan fingerprint density at radius 1 is 1.14 bits per heavy atom. The first kappa shape index (κ1) is 24.6. The lowest BCUT2D eigenvalue weighted by Gasteiger charge is -2.18. The maximum absolute atomic E-state index is 10.5. The van der Waals surface area contributed by atoms with E-state index in [2.05, 4.69) is 10.3 Å². The second-order valence-corrected chi connectivity index (χ2v) is 6.73. The maximum Gasteiger partial charge on any atom is 0.189 e. The number of nitrogens with one attached hydrogen (secondary N) is 1. The minimum Gasteiger partial charge on any atom is -0.497 e. The van der Waals surface area contributed by atoms with Crippen LogP contribution in [0, 0.1) is 0 Å². The summed E-state index contributed by atoms with van der Waals surface area (Å²) in [5.41, 5.74) is 7.36. The van der Waals surface area contributed by atoms with Gasteiger partial charge in [0.2, 0.25) is 0 Å². The molecule has 0 aliphatic carbocycles. The molecular weight excluding hydrogens is 516 g/mol. The van der Waals surface area contributed by atoms with Crippen molar-refractivity contribution in [3.05, 3.63) is 57.6 Å². The number of nitrogens with zero attached hydrogens (tertiary/aromatic N) is 1. The summed E-state index contributed by atoms with van der Waals surface area (Å²) in [5.74, 6) is 1.35. The van der Waals surface area contributed by atoms with Crippen molar-refractivity contribution < 1.29 is 14.6 Å². The number of aliphatic hydroxyl groups excluding tert-OH is 1. The fourth-order valence-electron chi connectivity index (χ4n) is 2.58. The summed E-state index contributed by atoms with van der Waals surface area (Å²) < 4.78 is 10.5. The van der Waals surface area contributed by atoms with Gasteiger partial charge in [0, 0.05) is 15.6 Å². The van der Waals surface area contributed by atoms with Gasteiger partial charge in [-0.3, -0.25) is 4.99 Å². The molecule has 0 amide bonds. The van der Waals surface area contributed by atoms with Crippen LogP contribution in [0.25, 0.3) is 0 Å². The molecule has 0 aliphatic heterocycles. The van der Waals surface area contributed by atoms with E-state index < -0.39 is 6.10 Å². The fourth-order valence-corrected chi connectivity index (χ4v) is 3.15. The van der Waals surface area contributed by atoms with Crippen LogP contribution in [0.1, 0.15) is 30.2 Å². The van der Waals surface area contributed by atoms with Crippen molar-refractivity contribution in [2.45, 2.75) is 19.1 Å². The Hall–Kier alpha value is -1.42. The van der Waals surface area contributed by atoms with Gasteiger partial charge in [-0.25, -0.2) is 0 Å². The predicted molar refractivity (Wildman–Crippen MR) is 124 cm³/mol. The van der Waals surface area contributed by atoms with Crippen molar-refractivity contribution >= 4 is 53.1 Å². The number of halogens is 3. The van der Waals surface area contributed by atoms with Crippen LogP contribution in [-0.4, -0.2) is 31.8 Å². The molecule has 2 unspecified atom stereocenters. The number of nitrogens with two attached hydrogens (primary N) is 1. The van der Waals surface area contributed by atoms with E-state index in [0.29, 0.717) is 27.1 Å². The zero-order valence-corrected chi connectivity index (χ0v) is 19.6. The highest BCUT2D eigenvalue weighted by Gasteiger charge is 2.15. The maximum atomic E-state index is 10.5. The monoisotopic (exact) mass is 539 g/mol.